The molecule has 0 bridgehead atoms. The molecule has 0 heterocycles. The van der Waals surface area contributed by atoms with Gasteiger partial charge in [-0.05, 0) is 47.8 Å². The van der Waals surface area contributed by atoms with Crippen LogP contribution in [0.4, 0.5) is 61.5 Å². The number of thioether (sulfide) groups is 2. The molecule has 0 amide bonds. The molecule has 0 saturated heterocycles. The number of carbonyl (C=O) groups is 2. The minimum atomic E-state index is -6.79. The Morgan fingerprint density at radius 1 is 0.500 bits per heavy atom. The predicted octanol–water partition coefficient (Wildman–Crippen LogP) is 6.59. The number of alkyl halides is 14. The lowest BCUT2D eigenvalue weighted by Gasteiger charge is -2.26. The topological polar surface area (TPSA) is 34.1 Å². The molecule has 1 rings (SSSR count). The molecule has 32 heavy (non-hydrogen) atoms. The quantitative estimate of drug-likeness (QED) is 0.305. The van der Waals surface area contributed by atoms with Crippen molar-refractivity contribution in [2.45, 2.75) is 45.8 Å². The molecule has 1 aromatic carbocycles. The van der Waals surface area contributed by atoms with Gasteiger partial charge in [0.15, 0.2) is 0 Å². The summed E-state index contributed by atoms with van der Waals surface area (Å²) in [6.07, 6.45) is -13.6. The van der Waals surface area contributed by atoms with Gasteiger partial charge >= 0.3 is 36.0 Å². The molecule has 1 aromatic rings. The highest BCUT2D eigenvalue weighted by atomic mass is 32.2. The molecular formula is C14H4F14O2S2. The number of carbonyl (C=O) groups excluding carboxylic acids is 2. The van der Waals surface area contributed by atoms with E-state index in [2.05, 4.69) is 0 Å². The van der Waals surface area contributed by atoms with E-state index >= 15 is 0 Å². The Hall–Kier alpha value is -1.72. The van der Waals surface area contributed by atoms with Crippen LogP contribution in [0, 0.1) is 0 Å². The van der Waals surface area contributed by atoms with Crippen molar-refractivity contribution in [1.82, 2.24) is 0 Å². The van der Waals surface area contributed by atoms with E-state index < -0.39 is 79.6 Å². The third-order valence-electron chi connectivity index (χ3n) is 3.26. The van der Waals surface area contributed by atoms with E-state index in [0.29, 0.717) is 24.3 Å². The summed E-state index contributed by atoms with van der Waals surface area (Å²) in [6, 6.07) is 1.78. The van der Waals surface area contributed by atoms with Gasteiger partial charge in [0.25, 0.3) is 10.2 Å². The van der Waals surface area contributed by atoms with Crippen molar-refractivity contribution in [3.63, 3.8) is 0 Å². The molecule has 0 N–H and O–H groups in total. The van der Waals surface area contributed by atoms with Gasteiger partial charge < -0.3 is 0 Å². The van der Waals surface area contributed by atoms with Crippen LogP contribution in [0.5, 0.6) is 0 Å². The van der Waals surface area contributed by atoms with E-state index in [1.807, 2.05) is 0 Å². The maximum atomic E-state index is 13.2. The Balaban J connectivity index is 2.99. The maximum Gasteiger partial charge on any atom is 0.460 e. The lowest BCUT2D eigenvalue weighted by Crippen LogP contribution is -2.55. The van der Waals surface area contributed by atoms with Gasteiger partial charge in [-0.3, -0.25) is 9.59 Å². The average Bonchev–Trinajstić information content (AvgIpc) is 2.60. The Kier molecular flexibility index (Phi) is 7.58. The van der Waals surface area contributed by atoms with Gasteiger partial charge in [-0.25, -0.2) is 0 Å². The van der Waals surface area contributed by atoms with Crippen molar-refractivity contribution in [3.05, 3.63) is 24.3 Å². The molecule has 0 aromatic heterocycles. The van der Waals surface area contributed by atoms with Crippen LogP contribution in [0.15, 0.2) is 34.1 Å². The summed E-state index contributed by atoms with van der Waals surface area (Å²) in [5.74, 6) is -26.0. The highest BCUT2D eigenvalue weighted by Crippen LogP contribution is 2.50. The van der Waals surface area contributed by atoms with Crippen molar-refractivity contribution in [1.29, 1.82) is 0 Å². The summed E-state index contributed by atoms with van der Waals surface area (Å²) in [4.78, 5) is 20.9. The second-order valence-corrected chi connectivity index (χ2v) is 7.64. The molecule has 0 radical (unpaired) electrons. The molecule has 2 nitrogen and oxygen atoms in total. The number of hydrogen-bond acceptors (Lipinski definition) is 4. The molecule has 0 aliphatic heterocycles. The molecule has 0 unspecified atom stereocenters. The third kappa shape index (κ3) is 5.09. The monoisotopic (exact) mass is 534 g/mol. The first-order valence-electron chi connectivity index (χ1n) is 7.19. The molecule has 18 heteroatoms. The van der Waals surface area contributed by atoms with Crippen LogP contribution in [-0.2, 0) is 9.59 Å². The minimum Gasteiger partial charge on any atom is -0.280 e. The lowest BCUT2D eigenvalue weighted by atomic mass is 10.2. The number of benzene rings is 1. The molecule has 0 atom stereocenters. The smallest absolute Gasteiger partial charge is 0.280 e. The van der Waals surface area contributed by atoms with E-state index in [0.717, 1.165) is 0 Å². The number of halogens is 14. The molecular weight excluding hydrogens is 530 g/mol. The Bertz CT molecular complexity index is 787. The molecule has 0 aliphatic carbocycles. The van der Waals surface area contributed by atoms with Crippen LogP contribution in [0.1, 0.15) is 0 Å². The Morgan fingerprint density at radius 2 is 0.719 bits per heavy atom. The summed E-state index contributed by atoms with van der Waals surface area (Å²) in [7, 11) is 0. The van der Waals surface area contributed by atoms with Crippen LogP contribution in [0.25, 0.3) is 0 Å². The van der Waals surface area contributed by atoms with Gasteiger partial charge in [0, 0.05) is 9.79 Å². The Labute approximate surface area is 175 Å². The summed E-state index contributed by atoms with van der Waals surface area (Å²) >= 11 is -1.69. The molecule has 0 fully saturated rings. The van der Waals surface area contributed by atoms with Crippen LogP contribution in [0.2, 0.25) is 0 Å². The predicted molar refractivity (Wildman–Crippen MR) is 80.1 cm³/mol. The van der Waals surface area contributed by atoms with E-state index in [9.17, 15) is 71.1 Å². The SMILES string of the molecule is O=C(Sc1ccc(SC(=O)C(F)(F)C(F)(F)C(F)(F)F)cc1)C(F)(F)C(F)(F)C(F)(F)F. The van der Waals surface area contributed by atoms with Crippen LogP contribution >= 0.6 is 23.5 Å². The van der Waals surface area contributed by atoms with Crippen molar-refractivity contribution in [2.75, 3.05) is 0 Å². The fourth-order valence-electron chi connectivity index (χ4n) is 1.53. The second-order valence-electron chi connectivity index (χ2n) is 5.54. The van der Waals surface area contributed by atoms with Gasteiger partial charge in [-0.2, -0.15) is 61.5 Å². The zero-order valence-electron chi connectivity index (χ0n) is 14.2. The number of rotatable bonds is 6. The van der Waals surface area contributed by atoms with E-state index in [4.69, 9.17) is 0 Å². The average molecular weight is 534 g/mol. The first kappa shape index (κ1) is 28.3. The van der Waals surface area contributed by atoms with E-state index in [1.165, 1.54) is 0 Å². The first-order chi connectivity index (χ1) is 14.0. The fourth-order valence-corrected chi connectivity index (χ4v) is 3.02. The number of hydrogen-bond donors (Lipinski definition) is 0. The van der Waals surface area contributed by atoms with Crippen LogP contribution in [-0.4, -0.2) is 46.3 Å². The highest BCUT2D eigenvalue weighted by molar-refractivity contribution is 8.14. The largest absolute Gasteiger partial charge is 0.460 e. The lowest BCUT2D eigenvalue weighted by molar-refractivity contribution is -0.341. The molecule has 182 valence electrons. The standard InChI is InChI=1S/C14H4F14O2S2/c15-9(16,11(19,20)13(23,24)25)7(29)31-5-1-2-6(4-3-5)32-8(30)10(17,18)12(21,22)14(26,27)28/h1-4H. The minimum absolute atomic E-state index is 0.444. The summed E-state index contributed by atoms with van der Waals surface area (Å²) in [5, 5.41) is -5.96. The summed E-state index contributed by atoms with van der Waals surface area (Å²) in [6.45, 7) is 0. The molecule has 0 aliphatic rings. The first-order valence-corrected chi connectivity index (χ1v) is 8.82. The van der Waals surface area contributed by atoms with Crippen LogP contribution < -0.4 is 0 Å². The van der Waals surface area contributed by atoms with Gasteiger partial charge in [-0.1, -0.05) is 0 Å². The third-order valence-corrected chi connectivity index (χ3v) is 5.16. The van der Waals surface area contributed by atoms with Gasteiger partial charge in [0.2, 0.25) is 0 Å². The van der Waals surface area contributed by atoms with Crippen molar-refractivity contribution in [2.24, 2.45) is 0 Å². The van der Waals surface area contributed by atoms with Gasteiger partial charge in [-0.15, -0.1) is 0 Å². The Morgan fingerprint density at radius 3 is 0.906 bits per heavy atom. The van der Waals surface area contributed by atoms with Gasteiger partial charge in [0.05, 0.1) is 0 Å². The maximum absolute atomic E-state index is 13.2. The van der Waals surface area contributed by atoms with Crippen LogP contribution in [0.3, 0.4) is 0 Å². The molecule has 0 saturated carbocycles. The van der Waals surface area contributed by atoms with Gasteiger partial charge in [0.1, 0.15) is 0 Å². The van der Waals surface area contributed by atoms with E-state index in [-0.39, 0.29) is 0 Å². The van der Waals surface area contributed by atoms with Crippen molar-refractivity contribution >= 4 is 33.8 Å². The summed E-state index contributed by atoms with van der Waals surface area (Å²) in [5.41, 5.74) is 0. The zero-order valence-corrected chi connectivity index (χ0v) is 15.9. The van der Waals surface area contributed by atoms with E-state index in [1.54, 1.807) is 0 Å². The molecule has 0 spiro atoms. The highest BCUT2D eigenvalue weighted by Gasteiger charge is 2.77. The second kappa shape index (κ2) is 8.57. The normalized spacial score (nSPS) is 14.4. The van der Waals surface area contributed by atoms with Crippen molar-refractivity contribution < 1.29 is 71.1 Å². The van der Waals surface area contributed by atoms with Crippen molar-refractivity contribution in [3.8, 4) is 0 Å². The fraction of sp³-hybridized carbons (Fsp3) is 0.429. The summed E-state index contributed by atoms with van der Waals surface area (Å²) < 4.78 is 176. The zero-order chi connectivity index (χ0) is 25.6.